The van der Waals surface area contributed by atoms with E-state index in [9.17, 15) is 13.2 Å². The molecule has 6 heteroatoms. The summed E-state index contributed by atoms with van der Waals surface area (Å²) in [5.41, 5.74) is 0.127. The zero-order chi connectivity index (χ0) is 11.5. The van der Waals surface area contributed by atoms with Gasteiger partial charge in [-0.15, -0.1) is 0 Å². The standard InChI is InChI=1S/C9H7F3N2O/c1-6(9(10,11)12)15-8-3-2-7(4-13)14-5-8/h2-3,5-6H,1H3/t6-/m0/s1. The lowest BCUT2D eigenvalue weighted by Crippen LogP contribution is -2.31. The Morgan fingerprint density at radius 2 is 2.13 bits per heavy atom. The van der Waals surface area contributed by atoms with Gasteiger partial charge in [-0.2, -0.15) is 18.4 Å². The van der Waals surface area contributed by atoms with Crippen molar-refractivity contribution in [2.45, 2.75) is 19.2 Å². The monoisotopic (exact) mass is 216 g/mol. The molecule has 3 nitrogen and oxygen atoms in total. The minimum absolute atomic E-state index is 0.0150. The minimum Gasteiger partial charge on any atom is -0.480 e. The molecule has 0 aromatic carbocycles. The molecule has 0 unspecified atom stereocenters. The number of nitrogens with zero attached hydrogens (tertiary/aromatic N) is 2. The fourth-order valence-electron chi connectivity index (χ4n) is 0.787. The first-order valence-electron chi connectivity index (χ1n) is 4.03. The van der Waals surface area contributed by atoms with E-state index < -0.39 is 12.3 Å². The lowest BCUT2D eigenvalue weighted by atomic mass is 10.3. The molecule has 0 saturated carbocycles. The number of pyridine rings is 1. The van der Waals surface area contributed by atoms with Gasteiger partial charge >= 0.3 is 6.18 Å². The summed E-state index contributed by atoms with van der Waals surface area (Å²) >= 11 is 0. The highest BCUT2D eigenvalue weighted by molar-refractivity contribution is 5.26. The summed E-state index contributed by atoms with van der Waals surface area (Å²) in [5.74, 6) is -0.0150. The summed E-state index contributed by atoms with van der Waals surface area (Å²) in [6.07, 6.45) is -5.22. The third-order valence-electron chi connectivity index (χ3n) is 1.62. The Kier molecular flexibility index (Phi) is 3.14. The maximum absolute atomic E-state index is 12.1. The van der Waals surface area contributed by atoms with Gasteiger partial charge in [-0.05, 0) is 19.1 Å². The average Bonchev–Trinajstić information content (AvgIpc) is 2.17. The molecule has 0 aliphatic carbocycles. The van der Waals surface area contributed by atoms with Gasteiger partial charge in [0, 0.05) is 0 Å². The predicted molar refractivity (Wildman–Crippen MR) is 45.1 cm³/mol. The fourth-order valence-corrected chi connectivity index (χ4v) is 0.787. The summed E-state index contributed by atoms with van der Waals surface area (Å²) in [6.45, 7) is 0.901. The number of alkyl halides is 3. The van der Waals surface area contributed by atoms with Gasteiger partial charge in [-0.3, -0.25) is 0 Å². The van der Waals surface area contributed by atoms with Crippen LogP contribution in [0.3, 0.4) is 0 Å². The van der Waals surface area contributed by atoms with Crippen LogP contribution in [0.4, 0.5) is 13.2 Å². The first-order valence-corrected chi connectivity index (χ1v) is 4.03. The van der Waals surface area contributed by atoms with Crippen molar-refractivity contribution in [3.63, 3.8) is 0 Å². The van der Waals surface area contributed by atoms with Crippen molar-refractivity contribution in [1.82, 2.24) is 4.98 Å². The van der Waals surface area contributed by atoms with Crippen LogP contribution in [0.5, 0.6) is 5.75 Å². The summed E-state index contributed by atoms with van der Waals surface area (Å²) < 4.78 is 40.8. The highest BCUT2D eigenvalue weighted by Gasteiger charge is 2.38. The number of hydrogen-bond acceptors (Lipinski definition) is 3. The molecule has 15 heavy (non-hydrogen) atoms. The van der Waals surface area contributed by atoms with E-state index in [1.165, 1.54) is 12.1 Å². The second-order valence-electron chi connectivity index (χ2n) is 2.79. The SMILES string of the molecule is C[C@H](Oc1ccc(C#N)nc1)C(F)(F)F. The van der Waals surface area contributed by atoms with Gasteiger partial charge in [0.25, 0.3) is 0 Å². The zero-order valence-electron chi connectivity index (χ0n) is 7.75. The lowest BCUT2D eigenvalue weighted by molar-refractivity contribution is -0.189. The number of ether oxygens (including phenoxy) is 1. The Morgan fingerprint density at radius 1 is 1.47 bits per heavy atom. The van der Waals surface area contributed by atoms with Crippen molar-refractivity contribution in [1.29, 1.82) is 5.26 Å². The molecule has 0 saturated heterocycles. The Bertz CT molecular complexity index is 366. The van der Waals surface area contributed by atoms with E-state index in [1.807, 2.05) is 0 Å². The van der Waals surface area contributed by atoms with Gasteiger partial charge in [-0.1, -0.05) is 0 Å². The average molecular weight is 216 g/mol. The van der Waals surface area contributed by atoms with Crippen LogP contribution in [0.1, 0.15) is 12.6 Å². The van der Waals surface area contributed by atoms with E-state index in [2.05, 4.69) is 9.72 Å². The number of aromatic nitrogens is 1. The first-order chi connectivity index (χ1) is 6.93. The summed E-state index contributed by atoms with van der Waals surface area (Å²) in [5, 5.41) is 8.41. The van der Waals surface area contributed by atoms with Crippen LogP contribution in [-0.2, 0) is 0 Å². The molecule has 0 bridgehead atoms. The summed E-state index contributed by atoms with van der Waals surface area (Å²) in [6, 6.07) is 4.31. The second-order valence-corrected chi connectivity index (χ2v) is 2.79. The Hall–Kier alpha value is -1.77. The van der Waals surface area contributed by atoms with Crippen molar-refractivity contribution in [3.8, 4) is 11.8 Å². The zero-order valence-corrected chi connectivity index (χ0v) is 7.75. The molecule has 1 aromatic rings. The van der Waals surface area contributed by atoms with Gasteiger partial charge < -0.3 is 4.74 Å². The largest absolute Gasteiger partial charge is 0.480 e. The molecule has 0 N–H and O–H groups in total. The topological polar surface area (TPSA) is 45.9 Å². The molecule has 0 radical (unpaired) electrons. The van der Waals surface area contributed by atoms with Crippen molar-refractivity contribution >= 4 is 0 Å². The number of hydrogen-bond donors (Lipinski definition) is 0. The number of nitriles is 1. The van der Waals surface area contributed by atoms with E-state index in [0.717, 1.165) is 13.1 Å². The van der Waals surface area contributed by atoms with Crippen LogP contribution in [0, 0.1) is 11.3 Å². The van der Waals surface area contributed by atoms with E-state index in [0.29, 0.717) is 0 Å². The molecule has 0 spiro atoms. The van der Waals surface area contributed by atoms with Crippen molar-refractivity contribution in [3.05, 3.63) is 24.0 Å². The lowest BCUT2D eigenvalue weighted by Gasteiger charge is -2.17. The van der Waals surface area contributed by atoms with Crippen molar-refractivity contribution < 1.29 is 17.9 Å². The van der Waals surface area contributed by atoms with Gasteiger partial charge in [0.15, 0.2) is 6.10 Å². The molecular weight excluding hydrogens is 209 g/mol. The van der Waals surface area contributed by atoms with Gasteiger partial charge in [-0.25, -0.2) is 4.98 Å². The summed E-state index contributed by atoms with van der Waals surface area (Å²) in [4.78, 5) is 3.58. The van der Waals surface area contributed by atoms with E-state index in [1.54, 1.807) is 6.07 Å². The molecule has 0 fully saturated rings. The van der Waals surface area contributed by atoms with Crippen LogP contribution >= 0.6 is 0 Å². The maximum atomic E-state index is 12.1. The quantitative estimate of drug-likeness (QED) is 0.761. The van der Waals surface area contributed by atoms with Crippen molar-refractivity contribution in [2.24, 2.45) is 0 Å². The Labute approximate surface area is 84.1 Å². The molecule has 0 aliphatic rings. The normalized spacial score (nSPS) is 13.0. The fraction of sp³-hybridized carbons (Fsp3) is 0.333. The van der Waals surface area contributed by atoms with Crippen LogP contribution < -0.4 is 4.74 Å². The van der Waals surface area contributed by atoms with Crippen LogP contribution in [0.15, 0.2) is 18.3 Å². The van der Waals surface area contributed by atoms with Crippen LogP contribution in [0.2, 0.25) is 0 Å². The molecule has 1 atom stereocenters. The molecule has 1 rings (SSSR count). The molecule has 1 heterocycles. The highest BCUT2D eigenvalue weighted by atomic mass is 19.4. The Balaban J connectivity index is 2.70. The number of rotatable bonds is 2. The highest BCUT2D eigenvalue weighted by Crippen LogP contribution is 2.24. The maximum Gasteiger partial charge on any atom is 0.425 e. The molecule has 1 aromatic heterocycles. The van der Waals surface area contributed by atoms with Gasteiger partial charge in [0.1, 0.15) is 17.5 Å². The van der Waals surface area contributed by atoms with Gasteiger partial charge in [0.05, 0.1) is 6.20 Å². The van der Waals surface area contributed by atoms with E-state index in [-0.39, 0.29) is 11.4 Å². The summed E-state index contributed by atoms with van der Waals surface area (Å²) in [7, 11) is 0. The first kappa shape index (κ1) is 11.3. The van der Waals surface area contributed by atoms with Crippen LogP contribution in [-0.4, -0.2) is 17.3 Å². The molecular formula is C9H7F3N2O. The molecule has 80 valence electrons. The Morgan fingerprint density at radius 3 is 2.53 bits per heavy atom. The minimum atomic E-state index is -4.41. The molecule has 0 aliphatic heterocycles. The number of halogens is 3. The van der Waals surface area contributed by atoms with Crippen LogP contribution in [0.25, 0.3) is 0 Å². The molecule has 0 amide bonds. The smallest absolute Gasteiger partial charge is 0.425 e. The second kappa shape index (κ2) is 4.17. The predicted octanol–water partition coefficient (Wildman–Crippen LogP) is 2.28. The third-order valence-corrected chi connectivity index (χ3v) is 1.62. The van der Waals surface area contributed by atoms with Gasteiger partial charge in [0.2, 0.25) is 0 Å². The van der Waals surface area contributed by atoms with E-state index in [4.69, 9.17) is 5.26 Å². The van der Waals surface area contributed by atoms with E-state index >= 15 is 0 Å². The third kappa shape index (κ3) is 3.13. The van der Waals surface area contributed by atoms with Crippen molar-refractivity contribution in [2.75, 3.05) is 0 Å².